The minimum absolute atomic E-state index is 0.158. The van der Waals surface area contributed by atoms with E-state index in [1.165, 1.54) is 9.08 Å². The molecular formula is C12H13N5O. The molecule has 2 aromatic rings. The average molecular weight is 243 g/mol. The van der Waals surface area contributed by atoms with Crippen LogP contribution in [0.3, 0.4) is 0 Å². The molecule has 0 aliphatic heterocycles. The van der Waals surface area contributed by atoms with Crippen molar-refractivity contribution in [3.8, 4) is 6.07 Å². The summed E-state index contributed by atoms with van der Waals surface area (Å²) in [6, 6.07) is 8.01. The minimum atomic E-state index is -0.158. The van der Waals surface area contributed by atoms with Crippen molar-refractivity contribution in [3.05, 3.63) is 34.9 Å². The Morgan fingerprint density at radius 2 is 2.33 bits per heavy atom. The van der Waals surface area contributed by atoms with Crippen LogP contribution in [0, 0.1) is 11.3 Å². The molecule has 0 unspecified atom stereocenters. The molecule has 0 spiro atoms. The van der Waals surface area contributed by atoms with Crippen molar-refractivity contribution in [2.75, 3.05) is 6.54 Å². The molecule has 0 bridgehead atoms. The Bertz CT molecular complexity index is 661. The molecule has 0 aromatic carbocycles. The topological polar surface area (TPSA) is 66.3 Å². The van der Waals surface area contributed by atoms with Crippen LogP contribution in [0.1, 0.15) is 12.8 Å². The van der Waals surface area contributed by atoms with E-state index in [4.69, 9.17) is 5.26 Å². The zero-order valence-corrected chi connectivity index (χ0v) is 9.86. The Kier molecular flexibility index (Phi) is 2.61. The fraction of sp³-hybridized carbons (Fsp3) is 0.417. The maximum Gasteiger partial charge on any atom is 0.351 e. The molecule has 18 heavy (non-hydrogen) atoms. The molecule has 1 saturated carbocycles. The monoisotopic (exact) mass is 243 g/mol. The maximum atomic E-state index is 12.1. The summed E-state index contributed by atoms with van der Waals surface area (Å²) in [5.41, 5.74) is 0.476. The van der Waals surface area contributed by atoms with Crippen molar-refractivity contribution < 1.29 is 0 Å². The number of hydrogen-bond donors (Lipinski definition) is 0. The van der Waals surface area contributed by atoms with Gasteiger partial charge in [-0.15, -0.1) is 5.10 Å². The fourth-order valence-electron chi connectivity index (χ4n) is 2.06. The van der Waals surface area contributed by atoms with Crippen LogP contribution in [-0.4, -0.2) is 31.7 Å². The molecular weight excluding hydrogens is 230 g/mol. The third kappa shape index (κ3) is 1.89. The Morgan fingerprint density at radius 1 is 1.50 bits per heavy atom. The van der Waals surface area contributed by atoms with Gasteiger partial charge in [-0.1, -0.05) is 6.07 Å². The van der Waals surface area contributed by atoms with Crippen LogP contribution in [-0.2, 0) is 6.67 Å². The first-order chi connectivity index (χ1) is 8.79. The van der Waals surface area contributed by atoms with E-state index in [-0.39, 0.29) is 5.69 Å². The minimum Gasteiger partial charge on any atom is -0.268 e. The molecule has 1 fully saturated rings. The van der Waals surface area contributed by atoms with Gasteiger partial charge in [-0.2, -0.15) is 9.94 Å². The Hall–Kier alpha value is -2.13. The van der Waals surface area contributed by atoms with E-state index < -0.39 is 0 Å². The van der Waals surface area contributed by atoms with E-state index in [9.17, 15) is 4.79 Å². The van der Waals surface area contributed by atoms with E-state index >= 15 is 0 Å². The molecule has 2 heterocycles. The van der Waals surface area contributed by atoms with Gasteiger partial charge in [0, 0.05) is 12.2 Å². The molecule has 2 aromatic heterocycles. The Morgan fingerprint density at radius 3 is 3.00 bits per heavy atom. The molecule has 3 rings (SSSR count). The summed E-state index contributed by atoms with van der Waals surface area (Å²) >= 11 is 0. The third-order valence-corrected chi connectivity index (χ3v) is 3.14. The summed E-state index contributed by atoms with van der Waals surface area (Å²) in [6.07, 6.45) is 3.90. The summed E-state index contributed by atoms with van der Waals surface area (Å²) < 4.78 is 2.93. The summed E-state index contributed by atoms with van der Waals surface area (Å²) in [4.78, 5) is 14.1. The lowest BCUT2D eigenvalue weighted by Gasteiger charge is -2.16. The van der Waals surface area contributed by atoms with Crippen molar-refractivity contribution in [1.29, 1.82) is 5.26 Å². The molecule has 0 atom stereocenters. The lowest BCUT2D eigenvalue weighted by molar-refractivity contribution is 0.218. The van der Waals surface area contributed by atoms with Crippen molar-refractivity contribution in [2.24, 2.45) is 0 Å². The number of hydrogen-bond acceptors (Lipinski definition) is 4. The number of pyridine rings is 1. The summed E-state index contributed by atoms with van der Waals surface area (Å²) in [7, 11) is 0. The second kappa shape index (κ2) is 4.27. The van der Waals surface area contributed by atoms with Crippen LogP contribution in [0.25, 0.3) is 5.65 Å². The number of nitriles is 1. The SMILES string of the molecule is N#CCN(Cn1nc2ccccn2c1=O)C1CC1. The molecule has 6 nitrogen and oxygen atoms in total. The zero-order chi connectivity index (χ0) is 12.5. The highest BCUT2D eigenvalue weighted by Gasteiger charge is 2.29. The third-order valence-electron chi connectivity index (χ3n) is 3.14. The van der Waals surface area contributed by atoms with Crippen LogP contribution < -0.4 is 5.69 Å². The Balaban J connectivity index is 1.92. The van der Waals surface area contributed by atoms with Crippen LogP contribution in [0.15, 0.2) is 29.2 Å². The van der Waals surface area contributed by atoms with E-state index in [1.54, 1.807) is 18.3 Å². The second-order valence-corrected chi connectivity index (χ2v) is 4.49. The smallest absolute Gasteiger partial charge is 0.268 e. The largest absolute Gasteiger partial charge is 0.351 e. The predicted octanol–water partition coefficient (Wildman–Crippen LogP) is 0.441. The highest BCUT2D eigenvalue weighted by Crippen LogP contribution is 2.26. The van der Waals surface area contributed by atoms with Gasteiger partial charge in [-0.3, -0.25) is 9.30 Å². The Labute approximate surface area is 104 Å². The number of rotatable bonds is 4. The quantitative estimate of drug-likeness (QED) is 0.731. The van der Waals surface area contributed by atoms with E-state index in [1.807, 2.05) is 11.0 Å². The molecule has 1 aliphatic rings. The first kappa shape index (κ1) is 11.0. The highest BCUT2D eigenvalue weighted by atomic mass is 16.2. The van der Waals surface area contributed by atoms with E-state index in [0.717, 1.165) is 12.8 Å². The second-order valence-electron chi connectivity index (χ2n) is 4.49. The first-order valence-electron chi connectivity index (χ1n) is 5.95. The molecule has 0 amide bonds. The van der Waals surface area contributed by atoms with Gasteiger partial charge in [0.25, 0.3) is 0 Å². The fourth-order valence-corrected chi connectivity index (χ4v) is 2.06. The lowest BCUT2D eigenvalue weighted by atomic mass is 10.5. The van der Waals surface area contributed by atoms with E-state index in [0.29, 0.717) is 24.9 Å². The highest BCUT2D eigenvalue weighted by molar-refractivity contribution is 5.35. The molecule has 6 heteroatoms. The molecule has 92 valence electrons. The molecule has 1 aliphatic carbocycles. The van der Waals surface area contributed by atoms with Crippen molar-refractivity contribution in [3.63, 3.8) is 0 Å². The first-order valence-corrected chi connectivity index (χ1v) is 5.95. The van der Waals surface area contributed by atoms with Crippen LogP contribution in [0.2, 0.25) is 0 Å². The van der Waals surface area contributed by atoms with Crippen molar-refractivity contribution in [2.45, 2.75) is 25.6 Å². The number of nitrogens with zero attached hydrogens (tertiary/aromatic N) is 5. The van der Waals surface area contributed by atoms with Crippen LogP contribution in [0.4, 0.5) is 0 Å². The van der Waals surface area contributed by atoms with Gasteiger partial charge in [-0.25, -0.2) is 4.79 Å². The van der Waals surface area contributed by atoms with Gasteiger partial charge in [0.2, 0.25) is 0 Å². The van der Waals surface area contributed by atoms with Gasteiger partial charge in [0.1, 0.15) is 0 Å². The van der Waals surface area contributed by atoms with E-state index in [2.05, 4.69) is 11.2 Å². The average Bonchev–Trinajstić information content (AvgIpc) is 3.17. The van der Waals surface area contributed by atoms with Crippen molar-refractivity contribution >= 4 is 5.65 Å². The number of fused-ring (bicyclic) bond motifs is 1. The lowest BCUT2D eigenvalue weighted by Crippen LogP contribution is -2.34. The maximum absolute atomic E-state index is 12.1. The summed E-state index contributed by atoms with van der Waals surface area (Å²) in [6.45, 7) is 0.726. The van der Waals surface area contributed by atoms with Crippen molar-refractivity contribution in [1.82, 2.24) is 19.1 Å². The van der Waals surface area contributed by atoms with Crippen LogP contribution >= 0.6 is 0 Å². The van der Waals surface area contributed by atoms with Gasteiger partial charge in [0.15, 0.2) is 5.65 Å². The molecule has 0 radical (unpaired) electrons. The van der Waals surface area contributed by atoms with Gasteiger partial charge in [-0.05, 0) is 25.0 Å². The standard InChI is InChI=1S/C12H13N5O/c13-6-8-15(10-4-5-10)9-17-12(18)16-7-2-1-3-11(16)14-17/h1-3,7,10H,4-5,8-9H2. The van der Waals surface area contributed by atoms with Gasteiger partial charge in [0.05, 0.1) is 19.3 Å². The summed E-state index contributed by atoms with van der Waals surface area (Å²) in [5, 5.41) is 13.1. The molecule has 0 saturated heterocycles. The number of aromatic nitrogens is 3. The van der Waals surface area contributed by atoms with Gasteiger partial charge >= 0.3 is 5.69 Å². The normalized spacial score (nSPS) is 15.1. The van der Waals surface area contributed by atoms with Crippen LogP contribution in [0.5, 0.6) is 0 Å². The summed E-state index contributed by atoms with van der Waals surface area (Å²) in [5.74, 6) is 0. The molecule has 0 N–H and O–H groups in total. The van der Waals surface area contributed by atoms with Gasteiger partial charge < -0.3 is 0 Å². The predicted molar refractivity (Wildman–Crippen MR) is 64.8 cm³/mol. The zero-order valence-electron chi connectivity index (χ0n) is 9.86.